The Kier molecular flexibility index (Phi) is 4.67. The molecule has 2 heterocycles. The number of sulfonamides is 1. The predicted octanol–water partition coefficient (Wildman–Crippen LogP) is 0.361. The van der Waals surface area contributed by atoms with Crippen LogP contribution in [0.25, 0.3) is 0 Å². The molecule has 1 saturated heterocycles. The number of hydrogen-bond acceptors (Lipinski definition) is 5. The molecule has 8 heteroatoms. The summed E-state index contributed by atoms with van der Waals surface area (Å²) in [5, 5.41) is 8.91. The first kappa shape index (κ1) is 16.0. The van der Waals surface area contributed by atoms with E-state index in [2.05, 4.69) is 5.16 Å². The van der Waals surface area contributed by atoms with E-state index in [1.165, 1.54) is 0 Å². The quantitative estimate of drug-likeness (QED) is 0.844. The Morgan fingerprint density at radius 1 is 1.48 bits per heavy atom. The molecule has 1 fully saturated rings. The summed E-state index contributed by atoms with van der Waals surface area (Å²) >= 11 is 0. The molecule has 0 aliphatic carbocycles. The molecule has 1 aliphatic heterocycles. The number of hydrogen-bond donors (Lipinski definition) is 1. The molecule has 1 aromatic rings. The van der Waals surface area contributed by atoms with Crippen LogP contribution in [0.4, 0.5) is 0 Å². The van der Waals surface area contributed by atoms with Gasteiger partial charge in [-0.15, -0.1) is 0 Å². The molecule has 118 valence electrons. The second kappa shape index (κ2) is 6.15. The summed E-state index contributed by atoms with van der Waals surface area (Å²) < 4.78 is 27.2. The minimum atomic E-state index is -3.47. The molecule has 1 amide bonds. The van der Waals surface area contributed by atoms with Gasteiger partial charge in [-0.05, 0) is 32.6 Å². The molecule has 2 rings (SSSR count). The van der Waals surface area contributed by atoms with Crippen LogP contribution in [0.5, 0.6) is 0 Å². The zero-order chi connectivity index (χ0) is 15.6. The van der Waals surface area contributed by atoms with Crippen molar-refractivity contribution in [3.05, 3.63) is 17.0 Å². The van der Waals surface area contributed by atoms with Crippen LogP contribution in [0.2, 0.25) is 0 Å². The van der Waals surface area contributed by atoms with Crippen LogP contribution in [0.15, 0.2) is 4.52 Å². The lowest BCUT2D eigenvalue weighted by Crippen LogP contribution is -2.31. The van der Waals surface area contributed by atoms with Crippen molar-refractivity contribution in [2.75, 3.05) is 18.8 Å². The average Bonchev–Trinajstić information content (AvgIpc) is 2.93. The van der Waals surface area contributed by atoms with E-state index in [1.807, 2.05) is 13.8 Å². The smallest absolute Gasteiger partial charge is 0.222 e. The summed E-state index contributed by atoms with van der Waals surface area (Å²) in [5.74, 6) is 0.671. The minimum Gasteiger partial charge on any atom is -0.361 e. The number of carbonyl (C=O) groups is 1. The third-order valence-corrected chi connectivity index (χ3v) is 4.81. The summed E-state index contributed by atoms with van der Waals surface area (Å²) in [6.45, 7) is 4.75. The van der Waals surface area contributed by atoms with Crippen LogP contribution in [0, 0.1) is 19.8 Å². The number of nitrogens with zero attached hydrogens (tertiary/aromatic N) is 2. The summed E-state index contributed by atoms with van der Waals surface area (Å²) in [7, 11) is -3.47. The summed E-state index contributed by atoms with van der Waals surface area (Å²) in [5.41, 5.74) is 1.79. The standard InChI is InChI=1S/C13H21N3O4S/c1-9-12(10(2)20-15-9)3-4-13(17)16-6-5-11(7-16)8-21(14,18)19/h11H,3-8H2,1-2H3,(H2,14,18,19). The molecular formula is C13H21N3O4S. The Labute approximate surface area is 124 Å². The van der Waals surface area contributed by atoms with E-state index in [0.29, 0.717) is 32.4 Å². The van der Waals surface area contributed by atoms with Crippen LogP contribution in [0.1, 0.15) is 29.9 Å². The highest BCUT2D eigenvalue weighted by molar-refractivity contribution is 7.89. The van der Waals surface area contributed by atoms with Gasteiger partial charge in [0, 0.05) is 25.1 Å². The third-order valence-electron chi connectivity index (χ3n) is 3.88. The monoisotopic (exact) mass is 315 g/mol. The molecule has 1 aliphatic rings. The fraction of sp³-hybridized carbons (Fsp3) is 0.692. The Balaban J connectivity index is 1.85. The Hall–Kier alpha value is -1.41. The van der Waals surface area contributed by atoms with Gasteiger partial charge >= 0.3 is 0 Å². The molecular weight excluding hydrogens is 294 g/mol. The van der Waals surface area contributed by atoms with E-state index in [9.17, 15) is 13.2 Å². The molecule has 0 aromatic carbocycles. The van der Waals surface area contributed by atoms with E-state index in [4.69, 9.17) is 9.66 Å². The highest BCUT2D eigenvalue weighted by atomic mass is 32.2. The maximum absolute atomic E-state index is 12.2. The molecule has 0 saturated carbocycles. The lowest BCUT2D eigenvalue weighted by Gasteiger charge is -2.16. The van der Waals surface area contributed by atoms with E-state index in [-0.39, 0.29) is 17.6 Å². The van der Waals surface area contributed by atoms with Gasteiger partial charge in [0.25, 0.3) is 0 Å². The second-order valence-electron chi connectivity index (χ2n) is 5.63. The van der Waals surface area contributed by atoms with Gasteiger partial charge < -0.3 is 9.42 Å². The lowest BCUT2D eigenvalue weighted by atomic mass is 10.1. The molecule has 21 heavy (non-hydrogen) atoms. The Morgan fingerprint density at radius 2 is 2.19 bits per heavy atom. The minimum absolute atomic E-state index is 0.0342. The van der Waals surface area contributed by atoms with Gasteiger partial charge in [-0.1, -0.05) is 5.16 Å². The largest absolute Gasteiger partial charge is 0.361 e. The van der Waals surface area contributed by atoms with Gasteiger partial charge in [0.2, 0.25) is 15.9 Å². The fourth-order valence-corrected chi connectivity index (χ4v) is 3.70. The fourth-order valence-electron chi connectivity index (χ4n) is 2.77. The van der Waals surface area contributed by atoms with Crippen molar-refractivity contribution in [1.82, 2.24) is 10.1 Å². The van der Waals surface area contributed by atoms with Crippen LogP contribution in [-0.4, -0.2) is 43.2 Å². The number of aromatic nitrogens is 1. The number of aryl methyl sites for hydroxylation is 2. The van der Waals surface area contributed by atoms with Crippen molar-refractivity contribution in [3.8, 4) is 0 Å². The SMILES string of the molecule is Cc1noc(C)c1CCC(=O)N1CCC(CS(N)(=O)=O)C1. The number of carbonyl (C=O) groups excluding carboxylic acids is 1. The van der Waals surface area contributed by atoms with E-state index >= 15 is 0 Å². The summed E-state index contributed by atoms with van der Waals surface area (Å²) in [6.07, 6.45) is 1.66. The van der Waals surface area contributed by atoms with E-state index < -0.39 is 10.0 Å². The molecule has 0 spiro atoms. The number of nitrogens with two attached hydrogens (primary N) is 1. The third kappa shape index (κ3) is 4.28. The highest BCUT2D eigenvalue weighted by Gasteiger charge is 2.28. The second-order valence-corrected chi connectivity index (χ2v) is 7.29. The molecule has 7 nitrogen and oxygen atoms in total. The van der Waals surface area contributed by atoms with Gasteiger partial charge in [0.15, 0.2) is 0 Å². The van der Waals surface area contributed by atoms with Crippen molar-refractivity contribution < 1.29 is 17.7 Å². The number of rotatable bonds is 5. The van der Waals surface area contributed by atoms with Crippen LogP contribution >= 0.6 is 0 Å². The number of amides is 1. The zero-order valence-electron chi connectivity index (χ0n) is 12.3. The summed E-state index contributed by atoms with van der Waals surface area (Å²) in [4.78, 5) is 13.9. The normalized spacial score (nSPS) is 19.2. The Bertz CT molecular complexity index is 604. The number of primary sulfonamides is 1. The van der Waals surface area contributed by atoms with Crippen LogP contribution < -0.4 is 5.14 Å². The first-order chi connectivity index (χ1) is 9.76. The topological polar surface area (TPSA) is 106 Å². The van der Waals surface area contributed by atoms with Gasteiger partial charge in [-0.2, -0.15) is 0 Å². The van der Waals surface area contributed by atoms with Crippen molar-refractivity contribution in [2.24, 2.45) is 11.1 Å². The van der Waals surface area contributed by atoms with Crippen molar-refractivity contribution in [2.45, 2.75) is 33.1 Å². The van der Waals surface area contributed by atoms with Gasteiger partial charge in [0.05, 0.1) is 11.4 Å². The lowest BCUT2D eigenvalue weighted by molar-refractivity contribution is -0.130. The molecule has 1 atom stereocenters. The number of likely N-dealkylation sites (tertiary alicyclic amines) is 1. The first-order valence-corrected chi connectivity index (χ1v) is 8.68. The van der Waals surface area contributed by atoms with Crippen molar-refractivity contribution >= 4 is 15.9 Å². The first-order valence-electron chi connectivity index (χ1n) is 6.96. The van der Waals surface area contributed by atoms with E-state index in [1.54, 1.807) is 4.90 Å². The van der Waals surface area contributed by atoms with Gasteiger partial charge in [-0.3, -0.25) is 4.79 Å². The maximum atomic E-state index is 12.2. The van der Waals surface area contributed by atoms with E-state index in [0.717, 1.165) is 17.0 Å². The maximum Gasteiger partial charge on any atom is 0.222 e. The van der Waals surface area contributed by atoms with Gasteiger partial charge in [0.1, 0.15) is 5.76 Å². The zero-order valence-corrected chi connectivity index (χ0v) is 13.1. The van der Waals surface area contributed by atoms with Crippen molar-refractivity contribution in [1.29, 1.82) is 0 Å². The molecule has 2 N–H and O–H groups in total. The van der Waals surface area contributed by atoms with Crippen LogP contribution in [-0.2, 0) is 21.2 Å². The summed E-state index contributed by atoms with van der Waals surface area (Å²) in [6, 6.07) is 0. The predicted molar refractivity (Wildman–Crippen MR) is 77.0 cm³/mol. The molecule has 1 aromatic heterocycles. The molecule has 0 bridgehead atoms. The van der Waals surface area contributed by atoms with Gasteiger partial charge in [-0.25, -0.2) is 13.6 Å². The average molecular weight is 315 g/mol. The van der Waals surface area contributed by atoms with Crippen LogP contribution in [0.3, 0.4) is 0 Å². The molecule has 1 unspecified atom stereocenters. The Morgan fingerprint density at radius 3 is 2.76 bits per heavy atom. The molecule has 0 radical (unpaired) electrons. The van der Waals surface area contributed by atoms with Crippen molar-refractivity contribution in [3.63, 3.8) is 0 Å². The highest BCUT2D eigenvalue weighted by Crippen LogP contribution is 2.20.